The van der Waals surface area contributed by atoms with Gasteiger partial charge in [-0.1, -0.05) is 69.5 Å². The number of carbonyl (C=O) groups is 3. The Morgan fingerprint density at radius 3 is 2.33 bits per heavy atom. The van der Waals surface area contributed by atoms with Crippen LogP contribution in [0.4, 0.5) is 4.79 Å². The number of benzene rings is 1. The van der Waals surface area contributed by atoms with Crippen molar-refractivity contribution in [3.8, 4) is 0 Å². The molecule has 4 N–H and O–H groups in total. The average Bonchev–Trinajstić information content (AvgIpc) is 2.72. The van der Waals surface area contributed by atoms with E-state index in [0.29, 0.717) is 6.42 Å². The molecule has 0 aliphatic rings. The maximum atomic E-state index is 12.7. The Bertz CT molecular complexity index is 676. The third kappa shape index (κ3) is 10.1. The van der Waals surface area contributed by atoms with Crippen LogP contribution in [0.1, 0.15) is 57.9 Å². The van der Waals surface area contributed by atoms with Gasteiger partial charge in [-0.15, -0.1) is 6.58 Å². The molecule has 1 aromatic carbocycles. The molecule has 0 bridgehead atoms. The third-order valence-corrected chi connectivity index (χ3v) is 4.75. The first-order valence-corrected chi connectivity index (χ1v) is 10.5. The highest BCUT2D eigenvalue weighted by atomic mass is 16.5. The number of hydrogen-bond acceptors (Lipinski definition) is 4. The minimum Gasteiger partial charge on any atom is -0.445 e. The molecule has 1 aromatic rings. The second-order valence-corrected chi connectivity index (χ2v) is 7.67. The van der Waals surface area contributed by atoms with Crippen molar-refractivity contribution in [3.05, 3.63) is 48.6 Å². The molecule has 0 radical (unpaired) electrons. The zero-order valence-electron chi connectivity index (χ0n) is 18.1. The number of alkyl carbamates (subject to hydrolysis) is 1. The summed E-state index contributed by atoms with van der Waals surface area (Å²) in [6.45, 7) is 7.41. The Morgan fingerprint density at radius 2 is 1.73 bits per heavy atom. The van der Waals surface area contributed by atoms with Crippen LogP contribution in [0.15, 0.2) is 43.0 Å². The SMILES string of the molecule is C=CCCCCCC[C@@H](NC(=O)[C@H](NC(=O)OCc1ccccc1)C(C)C)C(N)=O. The van der Waals surface area contributed by atoms with E-state index in [2.05, 4.69) is 17.2 Å². The minimum absolute atomic E-state index is 0.106. The Balaban J connectivity index is 2.53. The van der Waals surface area contributed by atoms with Crippen LogP contribution in [-0.4, -0.2) is 30.0 Å². The topological polar surface area (TPSA) is 111 Å². The maximum absolute atomic E-state index is 12.7. The predicted octanol–water partition coefficient (Wildman–Crippen LogP) is 3.43. The van der Waals surface area contributed by atoms with E-state index in [-0.39, 0.29) is 12.5 Å². The Morgan fingerprint density at radius 1 is 1.07 bits per heavy atom. The lowest BCUT2D eigenvalue weighted by atomic mass is 10.0. The Kier molecular flexibility index (Phi) is 11.9. The number of amides is 3. The molecular weight excluding hydrogens is 382 g/mol. The number of nitrogens with two attached hydrogens (primary N) is 1. The summed E-state index contributed by atoms with van der Waals surface area (Å²) in [6, 6.07) is 7.67. The summed E-state index contributed by atoms with van der Waals surface area (Å²) >= 11 is 0. The maximum Gasteiger partial charge on any atom is 0.408 e. The molecule has 0 unspecified atom stereocenters. The molecule has 0 aliphatic heterocycles. The zero-order valence-corrected chi connectivity index (χ0v) is 18.1. The van der Waals surface area contributed by atoms with E-state index >= 15 is 0 Å². The van der Waals surface area contributed by atoms with Gasteiger partial charge in [0.2, 0.25) is 11.8 Å². The fourth-order valence-corrected chi connectivity index (χ4v) is 2.96. The highest BCUT2D eigenvalue weighted by molar-refractivity contribution is 5.90. The standard InChI is InChI=1S/C23H35N3O4/c1-4-5-6-7-8-12-15-19(21(24)27)25-22(28)20(17(2)3)26-23(29)30-16-18-13-10-9-11-14-18/h4,9-11,13-14,17,19-20H,1,5-8,12,15-16H2,2-3H3,(H2,24,27)(H,25,28)(H,26,29)/t19-,20-/m1/s1. The van der Waals surface area contributed by atoms with Gasteiger partial charge in [0.25, 0.3) is 0 Å². The number of primary amides is 1. The van der Waals surface area contributed by atoms with Gasteiger partial charge < -0.3 is 21.1 Å². The summed E-state index contributed by atoms with van der Waals surface area (Å²) in [5.41, 5.74) is 6.31. The lowest BCUT2D eigenvalue weighted by Gasteiger charge is -2.24. The fourth-order valence-electron chi connectivity index (χ4n) is 2.96. The van der Waals surface area contributed by atoms with Crippen LogP contribution in [0, 0.1) is 5.92 Å². The number of hydrogen-bond donors (Lipinski definition) is 3. The molecule has 7 heteroatoms. The van der Waals surface area contributed by atoms with Crippen molar-refractivity contribution >= 4 is 17.9 Å². The molecule has 3 amide bonds. The van der Waals surface area contributed by atoms with Gasteiger partial charge >= 0.3 is 6.09 Å². The smallest absolute Gasteiger partial charge is 0.408 e. The van der Waals surface area contributed by atoms with Crippen LogP contribution < -0.4 is 16.4 Å². The van der Waals surface area contributed by atoms with Gasteiger partial charge in [0.1, 0.15) is 18.7 Å². The van der Waals surface area contributed by atoms with E-state index in [1.165, 1.54) is 0 Å². The molecule has 30 heavy (non-hydrogen) atoms. The second kappa shape index (κ2) is 14.2. The minimum atomic E-state index is -0.831. The van der Waals surface area contributed by atoms with E-state index in [9.17, 15) is 14.4 Å². The number of nitrogens with one attached hydrogen (secondary N) is 2. The monoisotopic (exact) mass is 417 g/mol. The van der Waals surface area contributed by atoms with E-state index < -0.39 is 30.0 Å². The van der Waals surface area contributed by atoms with Crippen LogP contribution in [-0.2, 0) is 20.9 Å². The summed E-state index contributed by atoms with van der Waals surface area (Å²) in [4.78, 5) is 36.6. The van der Waals surface area contributed by atoms with E-state index in [0.717, 1.165) is 37.7 Å². The Hall–Kier alpha value is -2.83. The molecule has 166 valence electrons. The molecule has 2 atom stereocenters. The molecule has 0 fully saturated rings. The van der Waals surface area contributed by atoms with Crippen molar-refractivity contribution in [2.24, 2.45) is 11.7 Å². The molecule has 0 aliphatic carbocycles. The van der Waals surface area contributed by atoms with Gasteiger partial charge in [-0.2, -0.15) is 0 Å². The van der Waals surface area contributed by atoms with Gasteiger partial charge in [-0.05, 0) is 30.7 Å². The lowest BCUT2D eigenvalue weighted by Crippen LogP contribution is -2.54. The first-order chi connectivity index (χ1) is 14.3. The third-order valence-electron chi connectivity index (χ3n) is 4.75. The van der Waals surface area contributed by atoms with Crippen LogP contribution in [0.2, 0.25) is 0 Å². The molecule has 0 saturated carbocycles. The van der Waals surface area contributed by atoms with E-state index in [1.54, 1.807) is 13.8 Å². The highest BCUT2D eigenvalue weighted by Crippen LogP contribution is 2.10. The number of allylic oxidation sites excluding steroid dienone is 1. The second-order valence-electron chi connectivity index (χ2n) is 7.67. The molecule has 1 rings (SSSR count). The van der Waals surface area contributed by atoms with Crippen molar-refractivity contribution in [1.82, 2.24) is 10.6 Å². The largest absolute Gasteiger partial charge is 0.445 e. The number of carbonyl (C=O) groups excluding carboxylic acids is 3. The lowest BCUT2D eigenvalue weighted by molar-refractivity contribution is -0.129. The van der Waals surface area contributed by atoms with Gasteiger partial charge in [0.15, 0.2) is 0 Å². The van der Waals surface area contributed by atoms with Crippen molar-refractivity contribution in [3.63, 3.8) is 0 Å². The van der Waals surface area contributed by atoms with Gasteiger partial charge in [-0.25, -0.2) is 4.79 Å². The van der Waals surface area contributed by atoms with Gasteiger partial charge in [0.05, 0.1) is 0 Å². The predicted molar refractivity (Wildman–Crippen MR) is 117 cm³/mol. The van der Waals surface area contributed by atoms with E-state index in [1.807, 2.05) is 36.4 Å². The number of unbranched alkanes of at least 4 members (excludes halogenated alkanes) is 4. The summed E-state index contributed by atoms with van der Waals surface area (Å²) < 4.78 is 5.19. The number of rotatable bonds is 14. The van der Waals surface area contributed by atoms with Crippen LogP contribution in [0.3, 0.4) is 0 Å². The Labute approximate surface area is 179 Å². The summed E-state index contributed by atoms with van der Waals surface area (Å²) in [5, 5.41) is 5.27. The number of ether oxygens (including phenoxy) is 1. The van der Waals surface area contributed by atoms with Gasteiger partial charge in [0, 0.05) is 0 Å². The van der Waals surface area contributed by atoms with Crippen LogP contribution in [0.25, 0.3) is 0 Å². The quantitative estimate of drug-likeness (QED) is 0.318. The molecular formula is C23H35N3O4. The van der Waals surface area contributed by atoms with Crippen molar-refractivity contribution in [2.45, 2.75) is 71.1 Å². The molecule has 7 nitrogen and oxygen atoms in total. The molecule has 0 heterocycles. The molecule has 0 saturated heterocycles. The van der Waals surface area contributed by atoms with Crippen molar-refractivity contribution in [1.29, 1.82) is 0 Å². The van der Waals surface area contributed by atoms with Crippen molar-refractivity contribution in [2.75, 3.05) is 0 Å². The van der Waals surface area contributed by atoms with Gasteiger partial charge in [-0.3, -0.25) is 9.59 Å². The van der Waals surface area contributed by atoms with Crippen LogP contribution >= 0.6 is 0 Å². The average molecular weight is 418 g/mol. The first-order valence-electron chi connectivity index (χ1n) is 10.5. The first kappa shape index (κ1) is 25.2. The summed E-state index contributed by atoms with van der Waals surface area (Å²) in [6.07, 6.45) is 6.46. The normalized spacial score (nSPS) is 12.6. The zero-order chi connectivity index (χ0) is 22.4. The highest BCUT2D eigenvalue weighted by Gasteiger charge is 2.28. The molecule has 0 spiro atoms. The van der Waals surface area contributed by atoms with Crippen molar-refractivity contribution < 1.29 is 19.1 Å². The molecule has 0 aromatic heterocycles. The summed E-state index contributed by atoms with van der Waals surface area (Å²) in [5.74, 6) is -1.22. The van der Waals surface area contributed by atoms with Crippen LogP contribution in [0.5, 0.6) is 0 Å². The fraction of sp³-hybridized carbons (Fsp3) is 0.522. The van der Waals surface area contributed by atoms with E-state index in [4.69, 9.17) is 10.5 Å². The summed E-state index contributed by atoms with van der Waals surface area (Å²) in [7, 11) is 0.